The lowest BCUT2D eigenvalue weighted by molar-refractivity contribution is 0.0950. The minimum atomic E-state index is -4.98. The summed E-state index contributed by atoms with van der Waals surface area (Å²) in [6.45, 7) is 1.57. The molecule has 3 N–H and O–H groups in total. The number of carbonyl (C=O) groups excluding carboxylic acids is 2. The third-order valence-electron chi connectivity index (χ3n) is 6.55. The van der Waals surface area contributed by atoms with Gasteiger partial charge in [-0.25, -0.2) is 21.3 Å². The van der Waals surface area contributed by atoms with E-state index in [9.17, 15) is 22.9 Å². The molecule has 0 spiro atoms. The number of nitrogens with zero attached hydrogens (tertiary/aromatic N) is 2. The van der Waals surface area contributed by atoms with Gasteiger partial charge >= 0.3 is 13.9 Å². The summed E-state index contributed by atoms with van der Waals surface area (Å²) in [6, 6.07) is 10.2. The number of phosphoric ester groups is 1. The average molecular weight is 818 g/mol. The van der Waals surface area contributed by atoms with E-state index in [0.717, 1.165) is 12.1 Å². The summed E-state index contributed by atoms with van der Waals surface area (Å²) in [4.78, 5) is 46.2. The normalized spacial score (nSPS) is 17.1. The predicted octanol–water partition coefficient (Wildman–Crippen LogP) is 6.30. The van der Waals surface area contributed by atoms with E-state index in [-0.39, 0.29) is 40.7 Å². The molecule has 9 nitrogen and oxygen atoms in total. The fourth-order valence-corrected chi connectivity index (χ4v) is 7.00. The minimum Gasteiger partial charge on any atom is -0.404 e. The van der Waals surface area contributed by atoms with Crippen LogP contribution < -0.4 is 13.0 Å². The molecule has 1 heterocycles. The quantitative estimate of drug-likeness (QED) is 0.146. The van der Waals surface area contributed by atoms with Gasteiger partial charge in [-0.2, -0.15) is 0 Å². The standard InChI is InChI=1S/C25H21ClF2I2N3O6P/c1-25(11-16-17(26)4-3-5-18(16)28)22-19(29)8-14(9-20(22)33(30)24(35)32(25)2)23(34)31-12-13-6-7-15(27)10-21(13)39-40(36,37)38/h3-10H,11-12H2,1-2H3,(H,31,34)(H2,36,37,38). The van der Waals surface area contributed by atoms with Crippen LogP contribution in [0.2, 0.25) is 5.02 Å². The Bertz CT molecular complexity index is 1560. The van der Waals surface area contributed by atoms with Gasteiger partial charge in [-0.15, -0.1) is 0 Å². The Kier molecular flexibility index (Phi) is 9.03. The highest BCUT2D eigenvalue weighted by molar-refractivity contribution is 14.1. The molecule has 1 unspecified atom stereocenters. The van der Waals surface area contributed by atoms with Crippen molar-refractivity contribution < 1.29 is 37.2 Å². The molecule has 3 aromatic carbocycles. The van der Waals surface area contributed by atoms with E-state index in [1.54, 1.807) is 26.1 Å². The fraction of sp³-hybridized carbons (Fsp3) is 0.200. The lowest BCUT2D eigenvalue weighted by Crippen LogP contribution is -2.54. The van der Waals surface area contributed by atoms with Gasteiger partial charge in [0.1, 0.15) is 17.4 Å². The van der Waals surface area contributed by atoms with Crippen LogP contribution in [0.1, 0.15) is 34.0 Å². The molecule has 1 atom stereocenters. The van der Waals surface area contributed by atoms with Crippen LogP contribution in [-0.2, 0) is 23.1 Å². The van der Waals surface area contributed by atoms with Gasteiger partial charge in [-0.3, -0.25) is 14.6 Å². The van der Waals surface area contributed by atoms with Gasteiger partial charge in [0.2, 0.25) is 0 Å². The minimum absolute atomic E-state index is 0.0761. The van der Waals surface area contributed by atoms with Crippen LogP contribution >= 0.6 is 64.9 Å². The number of hydrogen-bond donors (Lipinski definition) is 3. The number of nitrogens with one attached hydrogen (secondary N) is 1. The van der Waals surface area contributed by atoms with Crippen LogP contribution in [0, 0.1) is 15.2 Å². The second-order valence-corrected chi connectivity index (χ2v) is 12.8. The average Bonchev–Trinajstić information content (AvgIpc) is 2.86. The van der Waals surface area contributed by atoms with E-state index in [4.69, 9.17) is 21.4 Å². The van der Waals surface area contributed by atoms with Crippen LogP contribution in [0.5, 0.6) is 5.75 Å². The lowest BCUT2D eigenvalue weighted by Gasteiger charge is -2.47. The molecule has 0 bridgehead atoms. The first-order valence-corrected chi connectivity index (χ1v) is 15.4. The first-order chi connectivity index (χ1) is 18.6. The lowest BCUT2D eigenvalue weighted by atomic mass is 9.81. The zero-order valence-electron chi connectivity index (χ0n) is 20.8. The SMILES string of the molecule is CN1C(=O)N(I)c2cc(C(=O)NCc3ccc(F)cc3OP(=O)(O)O)cc(I)c2C1(C)Cc1c(F)cccc1Cl. The third kappa shape index (κ3) is 6.23. The van der Waals surface area contributed by atoms with Crippen molar-refractivity contribution in [2.24, 2.45) is 0 Å². The van der Waals surface area contributed by atoms with E-state index in [1.807, 2.05) is 22.9 Å². The molecule has 4 rings (SSSR count). The summed E-state index contributed by atoms with van der Waals surface area (Å²) in [5.74, 6) is -2.26. The fourth-order valence-electron chi connectivity index (χ4n) is 4.44. The van der Waals surface area contributed by atoms with Gasteiger partial charge < -0.3 is 14.7 Å². The molecule has 0 radical (unpaired) electrons. The molecule has 212 valence electrons. The zero-order valence-corrected chi connectivity index (χ0v) is 26.8. The van der Waals surface area contributed by atoms with E-state index < -0.39 is 36.7 Å². The van der Waals surface area contributed by atoms with Crippen molar-refractivity contribution in [3.05, 3.63) is 91.0 Å². The highest BCUT2D eigenvalue weighted by Crippen LogP contribution is 2.47. The third-order valence-corrected chi connectivity index (χ3v) is 9.12. The second-order valence-electron chi connectivity index (χ2n) is 9.14. The second kappa shape index (κ2) is 11.7. The van der Waals surface area contributed by atoms with E-state index in [0.29, 0.717) is 14.8 Å². The Hall–Kier alpha value is -2.04. The van der Waals surface area contributed by atoms with Gasteiger partial charge in [-0.1, -0.05) is 23.7 Å². The van der Waals surface area contributed by atoms with Crippen LogP contribution in [0.4, 0.5) is 19.3 Å². The summed E-state index contributed by atoms with van der Waals surface area (Å²) >= 11 is 10.2. The maximum absolute atomic E-state index is 14.8. The Morgan fingerprint density at radius 1 is 1.20 bits per heavy atom. The first kappa shape index (κ1) is 30.9. The highest BCUT2D eigenvalue weighted by Gasteiger charge is 2.46. The van der Waals surface area contributed by atoms with Crippen LogP contribution in [0.15, 0.2) is 48.5 Å². The molecule has 3 aromatic rings. The molecular weight excluding hydrogens is 797 g/mol. The maximum atomic E-state index is 14.8. The number of fused-ring (bicyclic) bond motifs is 1. The molecule has 0 aromatic heterocycles. The summed E-state index contributed by atoms with van der Waals surface area (Å²) in [5, 5.41) is 2.86. The van der Waals surface area contributed by atoms with Crippen molar-refractivity contribution in [2.45, 2.75) is 25.4 Å². The van der Waals surface area contributed by atoms with Crippen molar-refractivity contribution in [1.29, 1.82) is 0 Å². The number of halogens is 5. The molecule has 15 heteroatoms. The Labute approximate surface area is 260 Å². The highest BCUT2D eigenvalue weighted by atomic mass is 127. The molecule has 3 amide bonds. The number of anilines is 1. The van der Waals surface area contributed by atoms with Gasteiger partial charge in [0, 0.05) is 56.9 Å². The number of likely N-dealkylation sites (N-methyl/N-ethyl adjacent to an activating group) is 1. The van der Waals surface area contributed by atoms with Gasteiger partial charge in [-0.05, 0) is 59.8 Å². The van der Waals surface area contributed by atoms with Crippen molar-refractivity contribution in [3.63, 3.8) is 0 Å². The number of benzene rings is 3. The Morgan fingerprint density at radius 2 is 1.90 bits per heavy atom. The summed E-state index contributed by atoms with van der Waals surface area (Å²) in [6.07, 6.45) is 0.0761. The summed E-state index contributed by atoms with van der Waals surface area (Å²) < 4.78 is 46.2. The maximum Gasteiger partial charge on any atom is 0.524 e. The Balaban J connectivity index is 1.69. The number of carbonyl (C=O) groups is 2. The van der Waals surface area contributed by atoms with Crippen LogP contribution in [0.3, 0.4) is 0 Å². The molecule has 40 heavy (non-hydrogen) atoms. The molecule has 0 saturated heterocycles. The number of amides is 3. The van der Waals surface area contributed by atoms with Crippen molar-refractivity contribution >= 4 is 82.5 Å². The zero-order chi connectivity index (χ0) is 29.6. The van der Waals surface area contributed by atoms with Gasteiger partial charge in [0.25, 0.3) is 5.91 Å². The number of rotatable bonds is 7. The Morgan fingerprint density at radius 3 is 2.55 bits per heavy atom. The molecular formula is C25H21ClF2I2N3O6P. The topological polar surface area (TPSA) is 119 Å². The monoisotopic (exact) mass is 817 g/mol. The van der Waals surface area contributed by atoms with Crippen molar-refractivity contribution in [1.82, 2.24) is 10.2 Å². The summed E-state index contributed by atoms with van der Waals surface area (Å²) in [5.41, 5.74) is 0.679. The largest absolute Gasteiger partial charge is 0.524 e. The predicted molar refractivity (Wildman–Crippen MR) is 162 cm³/mol. The first-order valence-electron chi connectivity index (χ1n) is 11.4. The molecule has 1 aliphatic heterocycles. The molecule has 0 fully saturated rings. The molecule has 0 aliphatic carbocycles. The van der Waals surface area contributed by atoms with Crippen molar-refractivity contribution in [2.75, 3.05) is 10.2 Å². The van der Waals surface area contributed by atoms with Gasteiger partial charge in [0.15, 0.2) is 0 Å². The van der Waals surface area contributed by atoms with Crippen LogP contribution in [0.25, 0.3) is 0 Å². The number of hydrogen-bond acceptors (Lipinski definition) is 4. The smallest absolute Gasteiger partial charge is 0.404 e. The van der Waals surface area contributed by atoms with Crippen LogP contribution in [-0.4, -0.2) is 33.7 Å². The number of phosphoric acid groups is 1. The van der Waals surface area contributed by atoms with Crippen molar-refractivity contribution in [3.8, 4) is 5.75 Å². The molecule has 1 aliphatic rings. The summed E-state index contributed by atoms with van der Waals surface area (Å²) in [7, 11) is -3.36. The van der Waals surface area contributed by atoms with E-state index in [2.05, 4.69) is 32.4 Å². The van der Waals surface area contributed by atoms with Gasteiger partial charge in [0.05, 0.1) is 34.1 Å². The van der Waals surface area contributed by atoms with E-state index >= 15 is 0 Å². The number of urea groups is 1. The molecule has 0 saturated carbocycles. The van der Waals surface area contributed by atoms with E-state index in [1.165, 1.54) is 32.3 Å².